The molecule has 0 aliphatic carbocycles. The van der Waals surface area contributed by atoms with Gasteiger partial charge in [-0.1, -0.05) is 17.7 Å². The van der Waals surface area contributed by atoms with Crippen molar-refractivity contribution < 1.29 is 9.53 Å². The predicted octanol–water partition coefficient (Wildman–Crippen LogP) is 1.95. The maximum atomic E-state index is 11.5. The normalized spacial score (nSPS) is 11.3. The van der Waals surface area contributed by atoms with Gasteiger partial charge in [0.1, 0.15) is 12.4 Å². The van der Waals surface area contributed by atoms with Crippen LogP contribution < -0.4 is 10.5 Å². The van der Waals surface area contributed by atoms with Gasteiger partial charge in [0.25, 0.3) is 0 Å². The molecule has 0 aliphatic rings. The Hall–Kier alpha value is -0.970. The zero-order valence-electron chi connectivity index (χ0n) is 10.4. The first-order valence-electron chi connectivity index (χ1n) is 5.39. The molecule has 1 unspecified atom stereocenters. The number of halogens is 2. The van der Waals surface area contributed by atoms with E-state index in [-0.39, 0.29) is 18.3 Å². The monoisotopic (exact) mass is 292 g/mol. The predicted molar refractivity (Wildman–Crippen MR) is 75.5 cm³/mol. The van der Waals surface area contributed by atoms with Crippen LogP contribution in [0.4, 0.5) is 0 Å². The Bertz CT molecular complexity index is 386. The molecule has 1 atom stereocenters. The van der Waals surface area contributed by atoms with E-state index in [2.05, 4.69) is 0 Å². The molecule has 18 heavy (non-hydrogen) atoms. The van der Waals surface area contributed by atoms with Crippen molar-refractivity contribution in [2.45, 2.75) is 13.0 Å². The summed E-state index contributed by atoms with van der Waals surface area (Å²) in [4.78, 5) is 13.0. The topological polar surface area (TPSA) is 55.6 Å². The molecule has 0 spiro atoms. The van der Waals surface area contributed by atoms with Crippen LogP contribution >= 0.6 is 24.0 Å². The Morgan fingerprint density at radius 3 is 2.78 bits per heavy atom. The second-order valence-corrected chi connectivity index (χ2v) is 4.29. The van der Waals surface area contributed by atoms with Gasteiger partial charge in [0.2, 0.25) is 5.91 Å². The van der Waals surface area contributed by atoms with Crippen molar-refractivity contribution in [3.05, 3.63) is 29.3 Å². The largest absolute Gasteiger partial charge is 0.492 e. The number of likely N-dealkylation sites (N-methyl/N-ethyl adjacent to an activating group) is 1. The zero-order chi connectivity index (χ0) is 12.8. The minimum atomic E-state index is -0.480. The van der Waals surface area contributed by atoms with Gasteiger partial charge in [-0.15, -0.1) is 12.4 Å². The van der Waals surface area contributed by atoms with Crippen molar-refractivity contribution in [1.82, 2.24) is 4.90 Å². The summed E-state index contributed by atoms with van der Waals surface area (Å²) in [5, 5.41) is 0.627. The number of ether oxygens (including phenoxy) is 1. The minimum Gasteiger partial charge on any atom is -0.492 e. The summed E-state index contributed by atoms with van der Waals surface area (Å²) in [6, 6.07) is 6.66. The molecule has 1 aromatic carbocycles. The standard InChI is InChI=1S/C12H17ClN2O2.ClH/c1-9(14)12(16)15(2)6-7-17-11-5-3-4-10(13)8-11;/h3-5,8-9H,6-7,14H2,1-2H3;1H. The van der Waals surface area contributed by atoms with E-state index >= 15 is 0 Å². The van der Waals surface area contributed by atoms with Crippen molar-refractivity contribution in [1.29, 1.82) is 0 Å². The van der Waals surface area contributed by atoms with Crippen LogP contribution in [0.25, 0.3) is 0 Å². The number of carbonyl (C=O) groups excluding carboxylic acids is 1. The average Bonchev–Trinajstić information content (AvgIpc) is 2.27. The summed E-state index contributed by atoms with van der Waals surface area (Å²) >= 11 is 5.82. The summed E-state index contributed by atoms with van der Waals surface area (Å²) in [6.07, 6.45) is 0. The lowest BCUT2D eigenvalue weighted by atomic mass is 10.3. The summed E-state index contributed by atoms with van der Waals surface area (Å²) in [5.41, 5.74) is 5.49. The molecule has 6 heteroatoms. The first-order valence-corrected chi connectivity index (χ1v) is 5.77. The molecule has 102 valence electrons. The second-order valence-electron chi connectivity index (χ2n) is 3.85. The van der Waals surface area contributed by atoms with Crippen LogP contribution in [-0.2, 0) is 4.79 Å². The van der Waals surface area contributed by atoms with Crippen molar-refractivity contribution in [3.8, 4) is 5.75 Å². The van der Waals surface area contributed by atoms with Gasteiger partial charge in [-0.2, -0.15) is 0 Å². The average molecular weight is 293 g/mol. The van der Waals surface area contributed by atoms with Crippen LogP contribution in [0, 0.1) is 0 Å². The van der Waals surface area contributed by atoms with Gasteiger partial charge in [-0.05, 0) is 25.1 Å². The van der Waals surface area contributed by atoms with Gasteiger partial charge in [-0.25, -0.2) is 0 Å². The Morgan fingerprint density at radius 2 is 2.22 bits per heavy atom. The van der Waals surface area contributed by atoms with Crippen LogP contribution in [0.15, 0.2) is 24.3 Å². The Labute approximate surface area is 118 Å². The quantitative estimate of drug-likeness (QED) is 0.902. The fourth-order valence-corrected chi connectivity index (χ4v) is 1.50. The number of nitrogens with two attached hydrogens (primary N) is 1. The molecule has 1 amide bonds. The lowest BCUT2D eigenvalue weighted by Gasteiger charge is -2.19. The number of amides is 1. The van der Waals surface area contributed by atoms with Crippen LogP contribution in [0.3, 0.4) is 0 Å². The van der Waals surface area contributed by atoms with E-state index < -0.39 is 6.04 Å². The van der Waals surface area contributed by atoms with E-state index in [9.17, 15) is 4.79 Å². The molecule has 0 radical (unpaired) electrons. The molecule has 4 nitrogen and oxygen atoms in total. The summed E-state index contributed by atoms with van der Waals surface area (Å²) in [7, 11) is 1.70. The Morgan fingerprint density at radius 1 is 1.56 bits per heavy atom. The number of nitrogens with zero attached hydrogens (tertiary/aromatic N) is 1. The smallest absolute Gasteiger partial charge is 0.239 e. The minimum absolute atomic E-state index is 0. The molecule has 0 saturated carbocycles. The van der Waals surface area contributed by atoms with Gasteiger partial charge in [0.05, 0.1) is 12.6 Å². The van der Waals surface area contributed by atoms with Crippen LogP contribution in [0.5, 0.6) is 5.75 Å². The number of benzene rings is 1. The maximum absolute atomic E-state index is 11.5. The highest BCUT2D eigenvalue weighted by Crippen LogP contribution is 2.16. The molecule has 0 bridgehead atoms. The molecular weight excluding hydrogens is 275 g/mol. The fraction of sp³-hybridized carbons (Fsp3) is 0.417. The number of hydrogen-bond donors (Lipinski definition) is 1. The highest BCUT2D eigenvalue weighted by Gasteiger charge is 2.12. The van der Waals surface area contributed by atoms with Crippen molar-refractivity contribution in [3.63, 3.8) is 0 Å². The van der Waals surface area contributed by atoms with E-state index in [1.165, 1.54) is 0 Å². The molecule has 1 aromatic rings. The number of carbonyl (C=O) groups is 1. The van der Waals surface area contributed by atoms with Crippen LogP contribution in [0.1, 0.15) is 6.92 Å². The van der Waals surface area contributed by atoms with Crippen molar-refractivity contribution in [2.24, 2.45) is 5.73 Å². The van der Waals surface area contributed by atoms with Gasteiger partial charge < -0.3 is 15.4 Å². The van der Waals surface area contributed by atoms with E-state index in [1.807, 2.05) is 12.1 Å². The van der Waals surface area contributed by atoms with E-state index in [0.717, 1.165) is 0 Å². The third-order valence-electron chi connectivity index (χ3n) is 2.26. The van der Waals surface area contributed by atoms with E-state index in [4.69, 9.17) is 22.1 Å². The lowest BCUT2D eigenvalue weighted by molar-refractivity contribution is -0.131. The third kappa shape index (κ3) is 5.58. The Kier molecular flexibility index (Phi) is 7.75. The number of hydrogen-bond acceptors (Lipinski definition) is 3. The summed E-state index contributed by atoms with van der Waals surface area (Å²) < 4.78 is 5.47. The van der Waals surface area contributed by atoms with Gasteiger partial charge in [0, 0.05) is 12.1 Å². The van der Waals surface area contributed by atoms with Crippen molar-refractivity contribution in [2.75, 3.05) is 20.2 Å². The molecule has 1 rings (SSSR count). The highest BCUT2D eigenvalue weighted by atomic mass is 35.5. The zero-order valence-corrected chi connectivity index (χ0v) is 12.0. The van der Waals surface area contributed by atoms with Gasteiger partial charge in [0.15, 0.2) is 0 Å². The second kappa shape index (κ2) is 8.19. The first-order chi connectivity index (χ1) is 8.00. The molecule has 0 aromatic heterocycles. The Balaban J connectivity index is 0.00000289. The maximum Gasteiger partial charge on any atom is 0.239 e. The SMILES string of the molecule is CC(N)C(=O)N(C)CCOc1cccc(Cl)c1.Cl. The van der Waals surface area contributed by atoms with Crippen molar-refractivity contribution >= 4 is 29.9 Å². The molecule has 0 fully saturated rings. The molecule has 0 heterocycles. The summed E-state index contributed by atoms with van der Waals surface area (Å²) in [6.45, 7) is 2.57. The van der Waals surface area contributed by atoms with E-state index in [0.29, 0.717) is 23.9 Å². The van der Waals surface area contributed by atoms with Gasteiger partial charge in [-0.3, -0.25) is 4.79 Å². The lowest BCUT2D eigenvalue weighted by Crippen LogP contribution is -2.41. The first kappa shape index (κ1) is 17.0. The summed E-state index contributed by atoms with van der Waals surface area (Å²) in [5.74, 6) is 0.596. The fourth-order valence-electron chi connectivity index (χ4n) is 1.32. The molecule has 0 aliphatic heterocycles. The molecule has 2 N–H and O–H groups in total. The van der Waals surface area contributed by atoms with Crippen LogP contribution in [0.2, 0.25) is 5.02 Å². The van der Waals surface area contributed by atoms with E-state index in [1.54, 1.807) is 31.0 Å². The molecule has 0 saturated heterocycles. The third-order valence-corrected chi connectivity index (χ3v) is 2.49. The number of rotatable bonds is 5. The molecular formula is C12H18Cl2N2O2. The highest BCUT2D eigenvalue weighted by molar-refractivity contribution is 6.30. The van der Waals surface area contributed by atoms with Gasteiger partial charge >= 0.3 is 0 Å². The van der Waals surface area contributed by atoms with Crippen LogP contribution in [-0.4, -0.2) is 37.0 Å².